The van der Waals surface area contributed by atoms with Crippen molar-refractivity contribution in [1.82, 2.24) is 4.98 Å². The van der Waals surface area contributed by atoms with Gasteiger partial charge in [-0.2, -0.15) is 0 Å². The number of benzene rings is 2. The summed E-state index contributed by atoms with van der Waals surface area (Å²) in [6, 6.07) is 14.4. The van der Waals surface area contributed by atoms with E-state index in [-0.39, 0.29) is 6.10 Å². The van der Waals surface area contributed by atoms with Crippen molar-refractivity contribution in [2.45, 2.75) is 6.10 Å². The predicted octanol–water partition coefficient (Wildman–Crippen LogP) is 5.08. The number of ether oxygens (including phenoxy) is 1. The summed E-state index contributed by atoms with van der Waals surface area (Å²) in [5.41, 5.74) is 3.41. The molecule has 0 saturated heterocycles. The summed E-state index contributed by atoms with van der Waals surface area (Å²) in [5.74, 6) is 0.937. The lowest BCUT2D eigenvalue weighted by molar-refractivity contribution is 0.253. The van der Waals surface area contributed by atoms with E-state index in [1.54, 1.807) is 0 Å². The van der Waals surface area contributed by atoms with Crippen LogP contribution >= 0.6 is 15.9 Å². The van der Waals surface area contributed by atoms with Crippen LogP contribution in [0.2, 0.25) is 0 Å². The lowest BCUT2D eigenvalue weighted by atomic mass is 10.0. The first kappa shape index (κ1) is 11.8. The van der Waals surface area contributed by atoms with Gasteiger partial charge in [0.05, 0.1) is 0 Å². The molecule has 20 heavy (non-hydrogen) atoms. The molecule has 1 unspecified atom stereocenters. The molecule has 1 aromatic heterocycles. The van der Waals surface area contributed by atoms with E-state index in [4.69, 9.17) is 4.74 Å². The Bertz CT molecular complexity index is 819. The molecule has 0 bridgehead atoms. The third-order valence-corrected chi connectivity index (χ3v) is 4.10. The number of hydrogen-bond acceptors (Lipinski definition) is 1. The Morgan fingerprint density at radius 3 is 2.95 bits per heavy atom. The molecule has 1 atom stereocenters. The van der Waals surface area contributed by atoms with Crippen molar-refractivity contribution in [3.8, 4) is 5.75 Å². The van der Waals surface area contributed by atoms with Gasteiger partial charge < -0.3 is 9.72 Å². The molecule has 3 aromatic rings. The van der Waals surface area contributed by atoms with Crippen LogP contribution in [0.15, 0.2) is 59.2 Å². The molecule has 4 rings (SSSR count). The van der Waals surface area contributed by atoms with E-state index >= 15 is 0 Å². The maximum atomic E-state index is 6.10. The summed E-state index contributed by atoms with van der Waals surface area (Å²) in [6.07, 6.45) is 6.22. The van der Waals surface area contributed by atoms with Gasteiger partial charge in [-0.25, -0.2) is 0 Å². The normalized spacial score (nSPS) is 16.9. The van der Waals surface area contributed by atoms with Crippen LogP contribution in [0.1, 0.15) is 17.2 Å². The number of para-hydroxylation sites is 1. The molecule has 1 N–H and O–H groups in total. The fourth-order valence-corrected chi connectivity index (χ4v) is 2.98. The number of nitrogens with one attached hydrogen (secondary N) is 1. The van der Waals surface area contributed by atoms with Gasteiger partial charge in [0, 0.05) is 32.7 Å². The Balaban J connectivity index is 1.78. The topological polar surface area (TPSA) is 25.0 Å². The van der Waals surface area contributed by atoms with Gasteiger partial charge in [0.1, 0.15) is 11.9 Å². The second-order valence-corrected chi connectivity index (χ2v) is 5.78. The van der Waals surface area contributed by atoms with E-state index in [0.717, 1.165) is 21.3 Å². The second-order valence-electron chi connectivity index (χ2n) is 4.87. The van der Waals surface area contributed by atoms with Gasteiger partial charge in [-0.15, -0.1) is 0 Å². The van der Waals surface area contributed by atoms with Crippen LogP contribution in [0.5, 0.6) is 5.75 Å². The summed E-state index contributed by atoms with van der Waals surface area (Å²) < 4.78 is 7.17. The minimum absolute atomic E-state index is 0.0418. The Morgan fingerprint density at radius 1 is 1.10 bits per heavy atom. The number of halogens is 1. The van der Waals surface area contributed by atoms with E-state index in [9.17, 15) is 0 Å². The van der Waals surface area contributed by atoms with Gasteiger partial charge in [0.2, 0.25) is 0 Å². The zero-order valence-electron chi connectivity index (χ0n) is 10.6. The molecule has 0 amide bonds. The van der Waals surface area contributed by atoms with Gasteiger partial charge in [-0.1, -0.05) is 46.3 Å². The van der Waals surface area contributed by atoms with Crippen molar-refractivity contribution < 1.29 is 4.74 Å². The number of hydrogen-bond donors (Lipinski definition) is 1. The molecule has 0 fully saturated rings. The van der Waals surface area contributed by atoms with E-state index < -0.39 is 0 Å². The zero-order valence-corrected chi connectivity index (χ0v) is 12.2. The van der Waals surface area contributed by atoms with Gasteiger partial charge >= 0.3 is 0 Å². The van der Waals surface area contributed by atoms with E-state index in [0.29, 0.717) is 0 Å². The minimum atomic E-state index is -0.0418. The van der Waals surface area contributed by atoms with E-state index in [1.807, 2.05) is 24.4 Å². The van der Waals surface area contributed by atoms with Gasteiger partial charge in [0.25, 0.3) is 0 Å². The number of rotatable bonds is 1. The highest BCUT2D eigenvalue weighted by Crippen LogP contribution is 2.35. The highest BCUT2D eigenvalue weighted by atomic mass is 79.9. The van der Waals surface area contributed by atoms with Crippen LogP contribution in [0.25, 0.3) is 17.0 Å². The fraction of sp³-hybridized carbons (Fsp3) is 0.0588. The maximum absolute atomic E-state index is 6.10. The van der Waals surface area contributed by atoms with Crippen LogP contribution in [0.4, 0.5) is 0 Å². The smallest absolute Gasteiger partial charge is 0.144 e. The average Bonchev–Trinajstić information content (AvgIpc) is 2.89. The van der Waals surface area contributed by atoms with Gasteiger partial charge in [-0.05, 0) is 24.3 Å². The highest BCUT2D eigenvalue weighted by molar-refractivity contribution is 9.10. The standard InChI is InChI=1S/C17H12BrNO/c18-12-6-7-13-14(10-19-15(13)9-12)17-8-5-11-3-1-2-4-16(11)20-17/h1-10,17,19H. The summed E-state index contributed by atoms with van der Waals surface area (Å²) in [4.78, 5) is 3.31. The number of aromatic nitrogens is 1. The van der Waals surface area contributed by atoms with E-state index in [1.165, 1.54) is 10.9 Å². The Morgan fingerprint density at radius 2 is 2.00 bits per heavy atom. The van der Waals surface area contributed by atoms with Gasteiger partial charge in [-0.3, -0.25) is 0 Å². The molecular weight excluding hydrogens is 314 g/mol. The Hall–Kier alpha value is -2.00. The first-order valence-corrected chi connectivity index (χ1v) is 7.31. The summed E-state index contributed by atoms with van der Waals surface area (Å²) >= 11 is 3.49. The molecule has 3 heteroatoms. The molecule has 0 spiro atoms. The molecule has 1 aliphatic heterocycles. The Kier molecular flexibility index (Phi) is 2.67. The van der Waals surface area contributed by atoms with E-state index in [2.05, 4.69) is 57.3 Å². The van der Waals surface area contributed by atoms with Crippen molar-refractivity contribution in [2.24, 2.45) is 0 Å². The fourth-order valence-electron chi connectivity index (χ4n) is 2.62. The van der Waals surface area contributed by atoms with Crippen molar-refractivity contribution in [1.29, 1.82) is 0 Å². The third kappa shape index (κ3) is 1.86. The Labute approximate surface area is 125 Å². The lowest BCUT2D eigenvalue weighted by Gasteiger charge is -2.21. The van der Waals surface area contributed by atoms with Gasteiger partial charge in [0.15, 0.2) is 0 Å². The maximum Gasteiger partial charge on any atom is 0.144 e. The molecule has 0 aliphatic carbocycles. The number of aromatic amines is 1. The number of H-pyrrole nitrogens is 1. The quantitative estimate of drug-likeness (QED) is 0.663. The van der Waals surface area contributed by atoms with Crippen LogP contribution in [0.3, 0.4) is 0 Å². The van der Waals surface area contributed by atoms with Crippen molar-refractivity contribution >= 4 is 32.9 Å². The molecule has 2 nitrogen and oxygen atoms in total. The van der Waals surface area contributed by atoms with Crippen molar-refractivity contribution in [3.05, 3.63) is 70.3 Å². The second kappa shape index (κ2) is 4.53. The summed E-state index contributed by atoms with van der Waals surface area (Å²) in [7, 11) is 0. The summed E-state index contributed by atoms with van der Waals surface area (Å²) in [5, 5.41) is 1.20. The number of fused-ring (bicyclic) bond motifs is 2. The molecule has 1 aliphatic rings. The monoisotopic (exact) mass is 325 g/mol. The minimum Gasteiger partial charge on any atom is -0.481 e. The SMILES string of the molecule is Brc1ccc2c(C3C=Cc4ccccc4O3)c[nH]c2c1. The molecular formula is C17H12BrNO. The van der Waals surface area contributed by atoms with Crippen LogP contribution < -0.4 is 4.74 Å². The van der Waals surface area contributed by atoms with Crippen LogP contribution in [-0.2, 0) is 0 Å². The molecule has 2 aromatic carbocycles. The zero-order chi connectivity index (χ0) is 13.5. The van der Waals surface area contributed by atoms with Crippen molar-refractivity contribution in [3.63, 3.8) is 0 Å². The average molecular weight is 326 g/mol. The lowest BCUT2D eigenvalue weighted by Crippen LogP contribution is -2.08. The third-order valence-electron chi connectivity index (χ3n) is 3.61. The highest BCUT2D eigenvalue weighted by Gasteiger charge is 2.19. The van der Waals surface area contributed by atoms with Crippen molar-refractivity contribution in [2.75, 3.05) is 0 Å². The molecule has 98 valence electrons. The largest absolute Gasteiger partial charge is 0.481 e. The summed E-state index contributed by atoms with van der Waals surface area (Å²) in [6.45, 7) is 0. The first-order chi connectivity index (χ1) is 9.81. The molecule has 2 heterocycles. The van der Waals surface area contributed by atoms with Crippen LogP contribution in [0, 0.1) is 0 Å². The molecule has 0 saturated carbocycles. The molecule has 0 radical (unpaired) electrons. The first-order valence-electron chi connectivity index (χ1n) is 6.52. The predicted molar refractivity (Wildman–Crippen MR) is 84.8 cm³/mol. The van der Waals surface area contributed by atoms with Crippen LogP contribution in [-0.4, -0.2) is 4.98 Å².